The highest BCUT2D eigenvalue weighted by Gasteiger charge is 2.28. The summed E-state index contributed by atoms with van der Waals surface area (Å²) < 4.78 is 2.25. The lowest BCUT2D eigenvalue weighted by atomic mass is 10.0. The van der Waals surface area contributed by atoms with Gasteiger partial charge in [-0.3, -0.25) is 14.7 Å². The number of fused-ring (bicyclic) bond motifs is 1. The molecule has 5 nitrogen and oxygen atoms in total. The third-order valence-corrected chi connectivity index (χ3v) is 4.72. The van der Waals surface area contributed by atoms with Crippen LogP contribution in [0, 0.1) is 6.92 Å². The predicted octanol–water partition coefficient (Wildman–Crippen LogP) is 1.80. The number of para-hydroxylation sites is 1. The molecule has 0 saturated carbocycles. The maximum Gasteiger partial charge on any atom is 0.279 e. The first-order valence-electron chi connectivity index (χ1n) is 7.69. The van der Waals surface area contributed by atoms with E-state index < -0.39 is 0 Å². The summed E-state index contributed by atoms with van der Waals surface area (Å²) in [6.45, 7) is 5.85. The number of aryl methyl sites for hydroxylation is 1. The molecule has 3 aromatic rings. The molecular weight excluding hydrogens is 382 g/mol. The van der Waals surface area contributed by atoms with Crippen molar-refractivity contribution in [3.63, 3.8) is 0 Å². The van der Waals surface area contributed by atoms with E-state index in [9.17, 15) is 9.59 Å². The van der Waals surface area contributed by atoms with Crippen LogP contribution >= 0.6 is 15.9 Å². The molecule has 0 spiro atoms. The molecule has 1 amide bonds. The van der Waals surface area contributed by atoms with Crippen molar-refractivity contribution in [3.8, 4) is 5.69 Å². The summed E-state index contributed by atoms with van der Waals surface area (Å²) in [4.78, 5) is 25.6. The molecule has 0 fully saturated rings. The third-order valence-electron chi connectivity index (χ3n) is 4.27. The molecule has 124 valence electrons. The first kappa shape index (κ1) is 15.7. The SMILES string of the molecule is C=c1[nH]n(-c2ccccc2)c(=O)c1=C1C(=O)Nc2c(C)cc(Br)cc21. The molecule has 0 saturated heterocycles. The number of rotatable bonds is 1. The number of amides is 1. The highest BCUT2D eigenvalue weighted by Crippen LogP contribution is 2.35. The highest BCUT2D eigenvalue weighted by atomic mass is 79.9. The van der Waals surface area contributed by atoms with Crippen molar-refractivity contribution in [3.05, 3.63) is 79.0 Å². The lowest BCUT2D eigenvalue weighted by Crippen LogP contribution is -2.38. The summed E-state index contributed by atoms with van der Waals surface area (Å²) in [5.41, 5.74) is 3.10. The molecule has 2 heterocycles. The minimum atomic E-state index is -0.299. The predicted molar refractivity (Wildman–Crippen MR) is 101 cm³/mol. The van der Waals surface area contributed by atoms with Gasteiger partial charge >= 0.3 is 0 Å². The fraction of sp³-hybridized carbons (Fsp3) is 0.0526. The van der Waals surface area contributed by atoms with Crippen LogP contribution < -0.4 is 21.4 Å². The summed E-state index contributed by atoms with van der Waals surface area (Å²) in [6.07, 6.45) is 0. The van der Waals surface area contributed by atoms with E-state index >= 15 is 0 Å². The number of nitrogens with zero attached hydrogens (tertiary/aromatic N) is 1. The van der Waals surface area contributed by atoms with E-state index in [4.69, 9.17) is 0 Å². The van der Waals surface area contributed by atoms with E-state index in [1.54, 1.807) is 0 Å². The average molecular weight is 396 g/mol. The quantitative estimate of drug-likeness (QED) is 0.659. The number of nitrogens with one attached hydrogen (secondary N) is 2. The second-order valence-corrected chi connectivity index (χ2v) is 6.83. The van der Waals surface area contributed by atoms with Gasteiger partial charge in [-0.1, -0.05) is 40.7 Å². The van der Waals surface area contributed by atoms with Gasteiger partial charge in [-0.2, -0.15) is 0 Å². The van der Waals surface area contributed by atoms with Crippen LogP contribution in [-0.4, -0.2) is 15.7 Å². The van der Waals surface area contributed by atoms with Gasteiger partial charge in [0.1, 0.15) is 0 Å². The van der Waals surface area contributed by atoms with Gasteiger partial charge in [0.25, 0.3) is 11.5 Å². The van der Waals surface area contributed by atoms with E-state index in [0.29, 0.717) is 22.2 Å². The van der Waals surface area contributed by atoms with Crippen molar-refractivity contribution in [2.75, 3.05) is 5.32 Å². The Bertz CT molecular complexity index is 1190. The zero-order valence-electron chi connectivity index (χ0n) is 13.4. The molecule has 2 N–H and O–H groups in total. The normalized spacial score (nSPS) is 15.2. The fourth-order valence-electron chi connectivity index (χ4n) is 3.15. The van der Waals surface area contributed by atoms with E-state index in [0.717, 1.165) is 15.7 Å². The molecule has 2 aromatic carbocycles. The number of benzene rings is 2. The molecule has 0 atom stereocenters. The summed E-state index contributed by atoms with van der Waals surface area (Å²) in [7, 11) is 0. The zero-order chi connectivity index (χ0) is 17.7. The molecule has 0 bridgehead atoms. The minimum absolute atomic E-state index is 0.289. The smallest absolute Gasteiger partial charge is 0.279 e. The van der Waals surface area contributed by atoms with Crippen molar-refractivity contribution in [2.24, 2.45) is 0 Å². The Hall–Kier alpha value is -2.86. The van der Waals surface area contributed by atoms with Gasteiger partial charge in [0.2, 0.25) is 0 Å². The van der Waals surface area contributed by atoms with E-state index in [1.165, 1.54) is 4.68 Å². The van der Waals surface area contributed by atoms with E-state index in [1.807, 2.05) is 49.4 Å². The Morgan fingerprint density at radius 3 is 2.56 bits per heavy atom. The van der Waals surface area contributed by atoms with Crippen molar-refractivity contribution >= 4 is 39.7 Å². The standard InChI is InChI=1S/C19H14BrN3O2/c1-10-8-12(20)9-14-16(18(24)21-17(10)14)15-11(2)22-23(19(15)25)13-6-4-3-5-7-13/h3-9,22H,2H2,1H3,(H,21,24). The molecule has 6 heteroatoms. The first-order chi connectivity index (χ1) is 12.0. The van der Waals surface area contributed by atoms with E-state index in [-0.39, 0.29) is 16.7 Å². The second kappa shape index (κ2) is 5.60. The molecule has 4 rings (SSSR count). The molecule has 0 unspecified atom stereocenters. The molecular formula is C19H14BrN3O2. The Morgan fingerprint density at radius 1 is 1.12 bits per heavy atom. The number of H-pyrrole nitrogens is 1. The van der Waals surface area contributed by atoms with Gasteiger partial charge in [-0.25, -0.2) is 4.68 Å². The molecule has 25 heavy (non-hydrogen) atoms. The molecule has 1 aliphatic heterocycles. The number of aromatic nitrogens is 2. The van der Waals surface area contributed by atoms with Crippen molar-refractivity contribution < 1.29 is 4.79 Å². The first-order valence-corrected chi connectivity index (χ1v) is 8.48. The monoisotopic (exact) mass is 395 g/mol. The molecule has 1 aliphatic rings. The Balaban J connectivity index is 2.10. The third kappa shape index (κ3) is 2.37. The van der Waals surface area contributed by atoms with E-state index in [2.05, 4.69) is 32.9 Å². The van der Waals surface area contributed by atoms with Crippen LogP contribution in [0.15, 0.2) is 51.7 Å². The van der Waals surface area contributed by atoms with Gasteiger partial charge in [0, 0.05) is 10.0 Å². The van der Waals surface area contributed by atoms with Gasteiger partial charge in [-0.05, 0) is 36.8 Å². The number of anilines is 1. The maximum absolute atomic E-state index is 13.0. The Morgan fingerprint density at radius 2 is 1.84 bits per heavy atom. The van der Waals surface area contributed by atoms with Crippen LogP contribution in [0.2, 0.25) is 0 Å². The van der Waals surface area contributed by atoms with Crippen LogP contribution in [0.1, 0.15) is 11.1 Å². The van der Waals surface area contributed by atoms with Gasteiger partial charge in [0.05, 0.1) is 27.5 Å². The molecule has 1 aromatic heterocycles. The Labute approximate surface area is 151 Å². The fourth-order valence-corrected chi connectivity index (χ4v) is 3.72. The lowest BCUT2D eigenvalue weighted by molar-refractivity contribution is -0.110. The van der Waals surface area contributed by atoms with Crippen molar-refractivity contribution in [1.82, 2.24) is 9.78 Å². The number of carbonyl (C=O) groups excluding carboxylic acids is 1. The number of hydrogen-bond acceptors (Lipinski definition) is 2. The number of hydrogen-bond donors (Lipinski definition) is 2. The Kier molecular flexibility index (Phi) is 3.51. The van der Waals surface area contributed by atoms with Crippen LogP contribution in [0.25, 0.3) is 17.8 Å². The summed E-state index contributed by atoms with van der Waals surface area (Å²) in [6, 6.07) is 13.0. The molecule has 0 aliphatic carbocycles. The lowest BCUT2D eigenvalue weighted by Gasteiger charge is -2.03. The topological polar surface area (TPSA) is 66.9 Å². The minimum Gasteiger partial charge on any atom is -0.321 e. The summed E-state index contributed by atoms with van der Waals surface area (Å²) in [5.74, 6) is -0.294. The van der Waals surface area contributed by atoms with Gasteiger partial charge in [0.15, 0.2) is 0 Å². The van der Waals surface area contributed by atoms with Crippen molar-refractivity contribution in [1.29, 1.82) is 0 Å². The second-order valence-electron chi connectivity index (χ2n) is 5.92. The van der Waals surface area contributed by atoms with Gasteiger partial charge in [-0.15, -0.1) is 0 Å². The van der Waals surface area contributed by atoms with Gasteiger partial charge < -0.3 is 5.32 Å². The van der Waals surface area contributed by atoms with Crippen LogP contribution in [-0.2, 0) is 4.79 Å². The summed E-state index contributed by atoms with van der Waals surface area (Å²) in [5, 5.41) is 6.52. The maximum atomic E-state index is 13.0. The zero-order valence-corrected chi connectivity index (χ0v) is 15.0. The number of halogens is 1. The highest BCUT2D eigenvalue weighted by molar-refractivity contribution is 9.10. The van der Waals surface area contributed by atoms with Crippen molar-refractivity contribution in [2.45, 2.75) is 6.92 Å². The van der Waals surface area contributed by atoms with Crippen LogP contribution in [0.3, 0.4) is 0 Å². The average Bonchev–Trinajstić information content (AvgIpc) is 3.05. The number of carbonyl (C=O) groups is 1. The van der Waals surface area contributed by atoms with Crippen LogP contribution in [0.4, 0.5) is 5.69 Å². The molecule has 0 radical (unpaired) electrons. The summed E-state index contributed by atoms with van der Waals surface area (Å²) >= 11 is 3.46. The largest absolute Gasteiger partial charge is 0.321 e. The van der Waals surface area contributed by atoms with Crippen LogP contribution in [0.5, 0.6) is 0 Å². The number of aromatic amines is 1.